The molecule has 0 aromatic heterocycles. The second-order valence-corrected chi connectivity index (χ2v) is 13.8. The van der Waals surface area contributed by atoms with Gasteiger partial charge in [0.2, 0.25) is 0 Å². The van der Waals surface area contributed by atoms with E-state index in [9.17, 15) is 15.0 Å². The predicted octanol–water partition coefficient (Wildman–Crippen LogP) is 3.43. The van der Waals surface area contributed by atoms with E-state index in [4.69, 9.17) is 4.43 Å². The van der Waals surface area contributed by atoms with Crippen molar-refractivity contribution in [3.8, 4) is 0 Å². The lowest BCUT2D eigenvalue weighted by atomic mass is 10.00. The standard InChI is InChI=1S/C16H33NO4Si/c1-15(2,3)17(14(19)20)10-13(9-12(17)11-18)21-22(7,8)16(4,5)6/h12-13,18H,9-11H2,1-8H3/p+1/t12-,13+,17?/m1/s1. The third kappa shape index (κ3) is 3.25. The maximum Gasteiger partial charge on any atom is 0.514 e. The molecule has 2 N–H and O–H groups in total. The lowest BCUT2D eigenvalue weighted by Gasteiger charge is -2.44. The van der Waals surface area contributed by atoms with Crippen LogP contribution in [0.4, 0.5) is 4.79 Å². The molecule has 6 heteroatoms. The molecule has 130 valence electrons. The van der Waals surface area contributed by atoms with Gasteiger partial charge in [-0.2, -0.15) is 4.79 Å². The van der Waals surface area contributed by atoms with Crippen molar-refractivity contribution >= 4 is 14.4 Å². The van der Waals surface area contributed by atoms with Gasteiger partial charge in [-0.05, 0) is 38.9 Å². The van der Waals surface area contributed by atoms with Crippen LogP contribution in [0.5, 0.6) is 0 Å². The van der Waals surface area contributed by atoms with E-state index in [0.29, 0.717) is 13.0 Å². The molecule has 3 atom stereocenters. The minimum Gasteiger partial charge on any atom is -0.435 e. The topological polar surface area (TPSA) is 66.8 Å². The molecule has 22 heavy (non-hydrogen) atoms. The van der Waals surface area contributed by atoms with Crippen LogP contribution in [0.25, 0.3) is 0 Å². The van der Waals surface area contributed by atoms with E-state index in [1.54, 1.807) is 0 Å². The summed E-state index contributed by atoms with van der Waals surface area (Å²) in [5, 5.41) is 19.7. The molecule has 1 aliphatic rings. The number of aliphatic hydroxyl groups excluding tert-OH is 1. The van der Waals surface area contributed by atoms with Crippen LogP contribution >= 0.6 is 0 Å². The number of aliphatic hydroxyl groups is 1. The lowest BCUT2D eigenvalue weighted by Crippen LogP contribution is -2.67. The molecule has 0 aromatic carbocycles. The Labute approximate surface area is 136 Å². The molecule has 1 amide bonds. The number of carbonyl (C=O) groups is 1. The van der Waals surface area contributed by atoms with Crippen molar-refractivity contribution in [3.05, 3.63) is 0 Å². The molecule has 5 nitrogen and oxygen atoms in total. The molecule has 1 aliphatic heterocycles. The van der Waals surface area contributed by atoms with Crippen molar-refractivity contribution in [3.63, 3.8) is 0 Å². The first-order chi connectivity index (χ1) is 9.69. The Hall–Kier alpha value is -0.433. The maximum absolute atomic E-state index is 12.1. The van der Waals surface area contributed by atoms with Crippen molar-refractivity contribution in [2.45, 2.75) is 83.8 Å². The van der Waals surface area contributed by atoms with Gasteiger partial charge in [0.05, 0.1) is 6.61 Å². The fraction of sp³-hybridized carbons (Fsp3) is 0.938. The van der Waals surface area contributed by atoms with Crippen LogP contribution in [0.2, 0.25) is 18.1 Å². The van der Waals surface area contributed by atoms with E-state index in [2.05, 4.69) is 33.9 Å². The van der Waals surface area contributed by atoms with Crippen molar-refractivity contribution in [1.82, 2.24) is 0 Å². The fourth-order valence-electron chi connectivity index (χ4n) is 3.26. The summed E-state index contributed by atoms with van der Waals surface area (Å²) < 4.78 is 6.32. The number of carboxylic acid groups (broad SMARTS) is 1. The molecule has 0 aromatic rings. The average molecular weight is 333 g/mol. The molecule has 1 saturated heterocycles. The summed E-state index contributed by atoms with van der Waals surface area (Å²) in [5.41, 5.74) is -0.481. The number of nitrogens with zero attached hydrogens (tertiary/aromatic N) is 1. The zero-order valence-electron chi connectivity index (χ0n) is 15.4. The Kier molecular flexibility index (Phi) is 5.25. The van der Waals surface area contributed by atoms with Crippen molar-refractivity contribution in [2.75, 3.05) is 13.2 Å². The normalized spacial score (nSPS) is 30.6. The monoisotopic (exact) mass is 332 g/mol. The SMILES string of the molecule is CC(C)(C)[N+]1(C(=O)O)C[C@@H](O[Si](C)(C)C(C)(C)C)C[C@@H]1CO. The van der Waals surface area contributed by atoms with Gasteiger partial charge in [-0.3, -0.25) is 0 Å². The van der Waals surface area contributed by atoms with Crippen LogP contribution in [0.3, 0.4) is 0 Å². The van der Waals surface area contributed by atoms with Gasteiger partial charge >= 0.3 is 6.09 Å². The first-order valence-corrected chi connectivity index (χ1v) is 11.0. The lowest BCUT2D eigenvalue weighted by molar-refractivity contribution is -0.915. The summed E-state index contributed by atoms with van der Waals surface area (Å²) in [7, 11) is -1.95. The highest BCUT2D eigenvalue weighted by molar-refractivity contribution is 6.74. The van der Waals surface area contributed by atoms with Crippen LogP contribution in [-0.2, 0) is 4.43 Å². The molecule has 1 heterocycles. The van der Waals surface area contributed by atoms with Crippen molar-refractivity contribution in [2.24, 2.45) is 0 Å². The van der Waals surface area contributed by atoms with Crippen molar-refractivity contribution < 1.29 is 23.9 Å². The highest BCUT2D eigenvalue weighted by Gasteiger charge is 2.60. The fourth-order valence-corrected chi connectivity index (χ4v) is 4.62. The molecule has 0 radical (unpaired) electrons. The molecule has 0 aliphatic carbocycles. The van der Waals surface area contributed by atoms with E-state index >= 15 is 0 Å². The van der Waals surface area contributed by atoms with E-state index in [1.807, 2.05) is 20.8 Å². The third-order valence-corrected chi connectivity index (χ3v) is 10.2. The minimum atomic E-state index is -1.95. The Morgan fingerprint density at radius 2 is 1.73 bits per heavy atom. The second-order valence-electron chi connectivity index (χ2n) is 9.08. The molecule has 1 rings (SSSR count). The van der Waals surface area contributed by atoms with Gasteiger partial charge in [0, 0.05) is 6.42 Å². The number of hydrogen-bond donors (Lipinski definition) is 2. The zero-order valence-corrected chi connectivity index (χ0v) is 16.4. The number of amides is 1. The van der Waals surface area contributed by atoms with Crippen molar-refractivity contribution in [1.29, 1.82) is 0 Å². The number of rotatable bonds is 3. The van der Waals surface area contributed by atoms with Gasteiger partial charge in [-0.15, -0.1) is 0 Å². The Morgan fingerprint density at radius 3 is 2.00 bits per heavy atom. The maximum atomic E-state index is 12.1. The van der Waals surface area contributed by atoms with E-state index < -0.39 is 19.9 Å². The molecule has 1 fully saturated rings. The highest BCUT2D eigenvalue weighted by Crippen LogP contribution is 2.42. The minimum absolute atomic E-state index is 0.0882. The van der Waals surface area contributed by atoms with Crippen LogP contribution in [0.1, 0.15) is 48.0 Å². The molecular weight excluding hydrogens is 298 g/mol. The Bertz CT molecular complexity index is 425. The predicted molar refractivity (Wildman–Crippen MR) is 90.5 cm³/mol. The zero-order chi connectivity index (χ0) is 17.6. The molecule has 0 bridgehead atoms. The van der Waals surface area contributed by atoms with Gasteiger partial charge < -0.3 is 14.6 Å². The Morgan fingerprint density at radius 1 is 1.23 bits per heavy atom. The first-order valence-electron chi connectivity index (χ1n) is 8.09. The van der Waals surface area contributed by atoms with Gasteiger partial charge in [-0.1, -0.05) is 20.8 Å². The summed E-state index contributed by atoms with van der Waals surface area (Å²) in [5.74, 6) is 0. The van der Waals surface area contributed by atoms with Crippen LogP contribution in [0.15, 0.2) is 0 Å². The number of quaternary nitrogens is 1. The van der Waals surface area contributed by atoms with E-state index in [1.165, 1.54) is 0 Å². The van der Waals surface area contributed by atoms with Crippen LogP contribution < -0.4 is 0 Å². The van der Waals surface area contributed by atoms with Gasteiger partial charge in [0.15, 0.2) is 8.32 Å². The number of likely N-dealkylation sites (tertiary alicyclic amines) is 1. The molecule has 0 spiro atoms. The summed E-state index contributed by atoms with van der Waals surface area (Å²) in [4.78, 5) is 12.1. The van der Waals surface area contributed by atoms with Gasteiger partial charge in [0.1, 0.15) is 24.2 Å². The summed E-state index contributed by atoms with van der Waals surface area (Å²) >= 11 is 0. The average Bonchev–Trinajstić information content (AvgIpc) is 2.65. The Balaban J connectivity index is 3.10. The van der Waals surface area contributed by atoms with Crippen LogP contribution in [0, 0.1) is 0 Å². The molecular formula is C16H34NO4Si+. The molecule has 1 unspecified atom stereocenters. The van der Waals surface area contributed by atoms with E-state index in [-0.39, 0.29) is 28.3 Å². The molecule has 0 saturated carbocycles. The largest absolute Gasteiger partial charge is 0.514 e. The van der Waals surface area contributed by atoms with Gasteiger partial charge in [-0.25, -0.2) is 4.48 Å². The second kappa shape index (κ2) is 5.89. The summed E-state index contributed by atoms with van der Waals surface area (Å²) in [6, 6.07) is -0.313. The third-order valence-electron chi connectivity index (χ3n) is 5.67. The van der Waals surface area contributed by atoms with E-state index in [0.717, 1.165) is 0 Å². The summed E-state index contributed by atoms with van der Waals surface area (Å²) in [6.07, 6.45) is -0.367. The number of hydrogen-bond acceptors (Lipinski definition) is 3. The highest BCUT2D eigenvalue weighted by atomic mass is 28.4. The van der Waals surface area contributed by atoms with Gasteiger partial charge in [0.25, 0.3) is 0 Å². The quantitative estimate of drug-likeness (QED) is 0.614. The first kappa shape index (κ1) is 19.6. The smallest absolute Gasteiger partial charge is 0.435 e. The van der Waals surface area contributed by atoms with Crippen LogP contribution in [-0.4, -0.2) is 59.9 Å². The summed E-state index contributed by atoms with van der Waals surface area (Å²) in [6.45, 7) is 17.0.